The summed E-state index contributed by atoms with van der Waals surface area (Å²) >= 11 is 0. The number of hydrogen-bond donors (Lipinski definition) is 3. The zero-order chi connectivity index (χ0) is 15.8. The van der Waals surface area contributed by atoms with Crippen LogP contribution in [0.1, 0.15) is 23.3 Å². The van der Waals surface area contributed by atoms with Crippen molar-refractivity contribution in [3.8, 4) is 0 Å². The SMILES string of the molecule is O=C(N[C@@H]1CC(Cn2cccn2)C[C@H]1O)c1cc2occc2[nH]1. The zero-order valence-corrected chi connectivity index (χ0v) is 12.5. The van der Waals surface area contributed by atoms with Crippen LogP contribution in [0.5, 0.6) is 0 Å². The third kappa shape index (κ3) is 2.75. The number of rotatable bonds is 4. The van der Waals surface area contributed by atoms with Crippen molar-refractivity contribution in [1.82, 2.24) is 20.1 Å². The van der Waals surface area contributed by atoms with Crippen molar-refractivity contribution >= 4 is 17.0 Å². The lowest BCUT2D eigenvalue weighted by atomic mass is 10.1. The Labute approximate surface area is 132 Å². The Morgan fingerprint density at radius 3 is 3.22 bits per heavy atom. The van der Waals surface area contributed by atoms with E-state index in [4.69, 9.17) is 4.42 Å². The average Bonchev–Trinajstić information content (AvgIpc) is 3.25. The second-order valence-corrected chi connectivity index (χ2v) is 6.09. The number of aromatic amines is 1. The third-order valence-electron chi connectivity index (χ3n) is 4.43. The number of fused-ring (bicyclic) bond motifs is 1. The number of H-pyrrole nitrogens is 1. The van der Waals surface area contributed by atoms with Crippen LogP contribution in [0.2, 0.25) is 0 Å². The van der Waals surface area contributed by atoms with Crippen molar-refractivity contribution < 1.29 is 14.3 Å². The molecule has 3 atom stereocenters. The Morgan fingerprint density at radius 2 is 2.43 bits per heavy atom. The van der Waals surface area contributed by atoms with Crippen LogP contribution in [0, 0.1) is 5.92 Å². The number of aliphatic hydroxyl groups is 1. The van der Waals surface area contributed by atoms with Crippen LogP contribution >= 0.6 is 0 Å². The van der Waals surface area contributed by atoms with Gasteiger partial charge < -0.3 is 19.8 Å². The highest BCUT2D eigenvalue weighted by molar-refractivity contribution is 5.96. The number of amides is 1. The maximum absolute atomic E-state index is 12.3. The molecule has 0 bridgehead atoms. The number of nitrogens with zero attached hydrogens (tertiary/aromatic N) is 2. The molecule has 4 rings (SSSR count). The molecule has 0 aliphatic heterocycles. The first-order valence-corrected chi connectivity index (χ1v) is 7.71. The summed E-state index contributed by atoms with van der Waals surface area (Å²) in [4.78, 5) is 15.3. The highest BCUT2D eigenvalue weighted by Crippen LogP contribution is 2.28. The lowest BCUT2D eigenvalue weighted by molar-refractivity contribution is 0.0868. The molecule has 3 aromatic rings. The van der Waals surface area contributed by atoms with E-state index in [1.807, 2.05) is 16.9 Å². The van der Waals surface area contributed by atoms with Gasteiger partial charge in [0.25, 0.3) is 5.91 Å². The van der Waals surface area contributed by atoms with Crippen LogP contribution in [0.4, 0.5) is 0 Å². The van der Waals surface area contributed by atoms with Gasteiger partial charge in [0.2, 0.25) is 0 Å². The molecule has 3 aromatic heterocycles. The summed E-state index contributed by atoms with van der Waals surface area (Å²) in [6.07, 6.45) is 6.10. The Balaban J connectivity index is 1.40. The highest BCUT2D eigenvalue weighted by Gasteiger charge is 2.34. The lowest BCUT2D eigenvalue weighted by Gasteiger charge is -2.15. The number of nitrogens with one attached hydrogen (secondary N) is 2. The molecule has 1 unspecified atom stereocenters. The summed E-state index contributed by atoms with van der Waals surface area (Å²) in [6.45, 7) is 0.756. The summed E-state index contributed by atoms with van der Waals surface area (Å²) in [6, 6.07) is 5.09. The fourth-order valence-electron chi connectivity index (χ4n) is 3.31. The Morgan fingerprint density at radius 1 is 1.52 bits per heavy atom. The van der Waals surface area contributed by atoms with Gasteiger partial charge >= 0.3 is 0 Å². The van der Waals surface area contributed by atoms with Gasteiger partial charge in [-0.05, 0) is 24.8 Å². The molecule has 23 heavy (non-hydrogen) atoms. The van der Waals surface area contributed by atoms with Gasteiger partial charge in [-0.2, -0.15) is 5.10 Å². The van der Waals surface area contributed by atoms with Crippen molar-refractivity contribution in [2.24, 2.45) is 5.92 Å². The van der Waals surface area contributed by atoms with Gasteiger partial charge in [0, 0.05) is 31.1 Å². The second-order valence-electron chi connectivity index (χ2n) is 6.09. The number of carbonyl (C=O) groups is 1. The van der Waals surface area contributed by atoms with Gasteiger partial charge in [-0.25, -0.2) is 0 Å². The molecule has 120 valence electrons. The molecule has 0 spiro atoms. The van der Waals surface area contributed by atoms with E-state index in [-0.39, 0.29) is 11.9 Å². The summed E-state index contributed by atoms with van der Waals surface area (Å²) in [7, 11) is 0. The summed E-state index contributed by atoms with van der Waals surface area (Å²) in [5, 5.41) is 17.3. The Hall–Kier alpha value is -2.54. The number of aromatic nitrogens is 3. The first kappa shape index (κ1) is 14.1. The Kier molecular flexibility index (Phi) is 3.42. The Bertz CT molecular complexity index is 776. The van der Waals surface area contributed by atoms with E-state index >= 15 is 0 Å². The van der Waals surface area contributed by atoms with E-state index < -0.39 is 6.10 Å². The maximum Gasteiger partial charge on any atom is 0.268 e. The van der Waals surface area contributed by atoms with Gasteiger partial charge in [0.1, 0.15) is 5.69 Å². The molecule has 7 heteroatoms. The smallest absolute Gasteiger partial charge is 0.268 e. The minimum Gasteiger partial charge on any atom is -0.463 e. The standard InChI is InChI=1S/C16H18N4O3/c21-14-7-10(9-20-4-1-3-17-20)6-12(14)19-16(22)13-8-15-11(18-13)2-5-23-15/h1-5,8,10,12,14,18,21H,6-7,9H2,(H,19,22)/t10?,12-,14-/m1/s1. The monoisotopic (exact) mass is 314 g/mol. The molecule has 1 aliphatic carbocycles. The molecule has 1 aliphatic rings. The molecule has 3 N–H and O–H groups in total. The predicted octanol–water partition coefficient (Wildman–Crippen LogP) is 1.53. The molecular formula is C16H18N4O3. The quantitative estimate of drug-likeness (QED) is 0.680. The van der Waals surface area contributed by atoms with Crippen LogP contribution in [-0.4, -0.2) is 37.9 Å². The summed E-state index contributed by atoms with van der Waals surface area (Å²) < 4.78 is 7.11. The van der Waals surface area contributed by atoms with Crippen molar-refractivity contribution in [2.45, 2.75) is 31.5 Å². The summed E-state index contributed by atoms with van der Waals surface area (Å²) in [5.41, 5.74) is 1.89. The molecule has 1 saturated carbocycles. The van der Waals surface area contributed by atoms with E-state index in [0.29, 0.717) is 23.6 Å². The van der Waals surface area contributed by atoms with E-state index in [2.05, 4.69) is 15.4 Å². The molecule has 0 radical (unpaired) electrons. The highest BCUT2D eigenvalue weighted by atomic mass is 16.3. The van der Waals surface area contributed by atoms with E-state index in [9.17, 15) is 9.90 Å². The molecule has 0 aromatic carbocycles. The molecular weight excluding hydrogens is 296 g/mol. The number of carbonyl (C=O) groups excluding carboxylic acids is 1. The van der Waals surface area contributed by atoms with Crippen molar-refractivity contribution in [3.63, 3.8) is 0 Å². The third-order valence-corrected chi connectivity index (χ3v) is 4.43. The molecule has 7 nitrogen and oxygen atoms in total. The van der Waals surface area contributed by atoms with Crippen molar-refractivity contribution in [1.29, 1.82) is 0 Å². The van der Waals surface area contributed by atoms with Crippen LogP contribution in [0.3, 0.4) is 0 Å². The van der Waals surface area contributed by atoms with Gasteiger partial charge in [0.05, 0.1) is 23.9 Å². The van der Waals surface area contributed by atoms with Crippen molar-refractivity contribution in [2.75, 3.05) is 0 Å². The fraction of sp³-hybridized carbons (Fsp3) is 0.375. The zero-order valence-electron chi connectivity index (χ0n) is 12.5. The maximum atomic E-state index is 12.3. The second kappa shape index (κ2) is 5.58. The minimum absolute atomic E-state index is 0.222. The van der Waals surface area contributed by atoms with Gasteiger partial charge in [0.15, 0.2) is 5.58 Å². The van der Waals surface area contributed by atoms with Gasteiger partial charge in [-0.15, -0.1) is 0 Å². The van der Waals surface area contributed by atoms with Crippen LogP contribution in [-0.2, 0) is 6.54 Å². The number of hydrogen-bond acceptors (Lipinski definition) is 4. The first-order chi connectivity index (χ1) is 11.2. The topological polar surface area (TPSA) is 96.1 Å². The number of aliphatic hydroxyl groups excluding tert-OH is 1. The first-order valence-electron chi connectivity index (χ1n) is 7.71. The molecule has 1 fully saturated rings. The van der Waals surface area contributed by atoms with Gasteiger partial charge in [-0.1, -0.05) is 0 Å². The van der Waals surface area contributed by atoms with E-state index in [1.165, 1.54) is 0 Å². The largest absolute Gasteiger partial charge is 0.463 e. The number of furan rings is 1. The molecule has 3 heterocycles. The molecule has 1 amide bonds. The van der Waals surface area contributed by atoms with Crippen LogP contribution < -0.4 is 5.32 Å². The minimum atomic E-state index is -0.530. The van der Waals surface area contributed by atoms with Gasteiger partial charge in [-0.3, -0.25) is 9.48 Å². The summed E-state index contributed by atoms with van der Waals surface area (Å²) in [5.74, 6) is 0.0790. The molecule has 0 saturated heterocycles. The normalized spacial score (nSPS) is 24.3. The average molecular weight is 314 g/mol. The van der Waals surface area contributed by atoms with Crippen LogP contribution in [0.15, 0.2) is 41.3 Å². The predicted molar refractivity (Wildman–Crippen MR) is 82.8 cm³/mol. The van der Waals surface area contributed by atoms with E-state index in [0.717, 1.165) is 18.5 Å². The van der Waals surface area contributed by atoms with Crippen LogP contribution in [0.25, 0.3) is 11.1 Å². The fourth-order valence-corrected chi connectivity index (χ4v) is 3.31. The van der Waals surface area contributed by atoms with Crippen molar-refractivity contribution in [3.05, 3.63) is 42.5 Å². The lowest BCUT2D eigenvalue weighted by Crippen LogP contribution is -2.40. The van der Waals surface area contributed by atoms with E-state index in [1.54, 1.807) is 24.6 Å².